The van der Waals surface area contributed by atoms with E-state index in [9.17, 15) is 14.0 Å². The van der Waals surface area contributed by atoms with Crippen LogP contribution in [-0.4, -0.2) is 37.8 Å². The molecular formula is C19H14ClFN2O5. The molecule has 0 saturated carbocycles. The number of para-hydroxylation sites is 1. The van der Waals surface area contributed by atoms with Crippen molar-refractivity contribution in [2.75, 3.05) is 19.1 Å². The molecule has 28 heavy (non-hydrogen) atoms. The summed E-state index contributed by atoms with van der Waals surface area (Å²) in [4.78, 5) is 32.0. The van der Waals surface area contributed by atoms with E-state index >= 15 is 0 Å². The molecule has 2 amide bonds. The summed E-state index contributed by atoms with van der Waals surface area (Å²) in [5.41, 5.74) is 0.903. The Kier molecular flexibility index (Phi) is 4.43. The minimum atomic E-state index is -1.11. The lowest BCUT2D eigenvalue weighted by atomic mass is 9.93. The van der Waals surface area contributed by atoms with Gasteiger partial charge >= 0.3 is 0 Å². The Morgan fingerprint density at radius 3 is 2.61 bits per heavy atom. The number of halogens is 2. The molecule has 144 valence electrons. The van der Waals surface area contributed by atoms with Crippen LogP contribution in [0.3, 0.4) is 0 Å². The van der Waals surface area contributed by atoms with Crippen LogP contribution in [0.25, 0.3) is 0 Å². The summed E-state index contributed by atoms with van der Waals surface area (Å²) in [6.45, 7) is 0. The van der Waals surface area contributed by atoms with Gasteiger partial charge in [-0.3, -0.25) is 9.59 Å². The number of hydrogen-bond acceptors (Lipinski definition) is 6. The van der Waals surface area contributed by atoms with Gasteiger partial charge in [0.1, 0.15) is 17.4 Å². The molecule has 1 saturated heterocycles. The molecule has 9 heteroatoms. The Morgan fingerprint density at radius 1 is 1.14 bits per heavy atom. The van der Waals surface area contributed by atoms with Gasteiger partial charge in [0.05, 0.1) is 24.9 Å². The molecule has 2 atom stereocenters. The maximum Gasteiger partial charge on any atom is 0.278 e. The first kappa shape index (κ1) is 18.2. The Balaban J connectivity index is 1.74. The number of carbonyl (C=O) groups excluding carboxylic acids is 2. The number of anilines is 1. The zero-order chi connectivity index (χ0) is 20.0. The number of imide groups is 1. The fourth-order valence-electron chi connectivity index (χ4n) is 3.37. The molecule has 2 heterocycles. The summed E-state index contributed by atoms with van der Waals surface area (Å²) in [6.07, 6.45) is -1.11. The number of carbonyl (C=O) groups is 2. The van der Waals surface area contributed by atoms with Gasteiger partial charge in [0.25, 0.3) is 5.91 Å². The summed E-state index contributed by atoms with van der Waals surface area (Å²) in [7, 11) is 2.95. The van der Waals surface area contributed by atoms with Crippen LogP contribution in [0, 0.1) is 11.7 Å². The number of fused-ring (bicyclic) bond motifs is 1. The van der Waals surface area contributed by atoms with Crippen molar-refractivity contribution in [1.29, 1.82) is 0 Å². The van der Waals surface area contributed by atoms with Gasteiger partial charge in [-0.1, -0.05) is 22.8 Å². The van der Waals surface area contributed by atoms with Gasteiger partial charge in [0.2, 0.25) is 12.0 Å². The second-order valence-corrected chi connectivity index (χ2v) is 6.54. The topological polar surface area (TPSA) is 77.4 Å². The highest BCUT2D eigenvalue weighted by Gasteiger charge is 2.56. The van der Waals surface area contributed by atoms with Crippen LogP contribution in [0.2, 0.25) is 5.02 Å². The number of rotatable bonds is 4. The van der Waals surface area contributed by atoms with Crippen LogP contribution in [0.15, 0.2) is 41.6 Å². The average molecular weight is 405 g/mol. The second-order valence-electron chi connectivity index (χ2n) is 6.13. The highest BCUT2D eigenvalue weighted by molar-refractivity contribution is 6.34. The highest BCUT2D eigenvalue weighted by atomic mass is 35.5. The van der Waals surface area contributed by atoms with Crippen LogP contribution in [-0.2, 0) is 14.4 Å². The molecule has 0 bridgehead atoms. The van der Waals surface area contributed by atoms with Gasteiger partial charge in [0, 0.05) is 5.56 Å². The van der Waals surface area contributed by atoms with Crippen molar-refractivity contribution in [2.24, 2.45) is 11.1 Å². The fourth-order valence-corrected chi connectivity index (χ4v) is 3.54. The zero-order valence-electron chi connectivity index (χ0n) is 14.8. The van der Waals surface area contributed by atoms with E-state index < -0.39 is 29.7 Å². The highest BCUT2D eigenvalue weighted by Crippen LogP contribution is 2.40. The second kappa shape index (κ2) is 6.79. The SMILES string of the molecule is COc1cccc(C2=NOC3C(=O)N(c4ccc(F)c(Cl)c4)C(=O)C23)c1OC. The van der Waals surface area contributed by atoms with Gasteiger partial charge < -0.3 is 14.3 Å². The van der Waals surface area contributed by atoms with Crippen LogP contribution in [0.4, 0.5) is 10.1 Å². The number of nitrogens with zero attached hydrogens (tertiary/aromatic N) is 2. The lowest BCUT2D eigenvalue weighted by Crippen LogP contribution is -2.33. The number of ether oxygens (including phenoxy) is 2. The van der Waals surface area contributed by atoms with Crippen molar-refractivity contribution in [3.8, 4) is 11.5 Å². The molecule has 0 aliphatic carbocycles. The van der Waals surface area contributed by atoms with Crippen LogP contribution < -0.4 is 14.4 Å². The predicted molar refractivity (Wildman–Crippen MR) is 98.3 cm³/mol. The van der Waals surface area contributed by atoms with E-state index in [1.54, 1.807) is 18.2 Å². The van der Waals surface area contributed by atoms with Gasteiger partial charge in [-0.15, -0.1) is 0 Å². The molecule has 2 aliphatic heterocycles. The first-order valence-corrected chi connectivity index (χ1v) is 8.63. The molecule has 0 radical (unpaired) electrons. The first-order chi connectivity index (χ1) is 13.5. The Morgan fingerprint density at radius 2 is 1.93 bits per heavy atom. The minimum absolute atomic E-state index is 0.163. The van der Waals surface area contributed by atoms with E-state index in [2.05, 4.69) is 5.16 Å². The Bertz CT molecular complexity index is 1030. The van der Waals surface area contributed by atoms with Crippen molar-refractivity contribution in [1.82, 2.24) is 0 Å². The van der Waals surface area contributed by atoms with Crippen molar-refractivity contribution in [2.45, 2.75) is 6.10 Å². The van der Waals surface area contributed by atoms with E-state index in [1.165, 1.54) is 26.4 Å². The summed E-state index contributed by atoms with van der Waals surface area (Å²) in [6, 6.07) is 8.72. The number of methoxy groups -OCH3 is 2. The molecular weight excluding hydrogens is 391 g/mol. The summed E-state index contributed by atoms with van der Waals surface area (Å²) < 4.78 is 24.1. The summed E-state index contributed by atoms with van der Waals surface area (Å²) in [5, 5.41) is 3.77. The van der Waals surface area contributed by atoms with E-state index in [4.69, 9.17) is 25.9 Å². The molecule has 4 rings (SSSR count). The van der Waals surface area contributed by atoms with Gasteiger partial charge in [-0.2, -0.15) is 0 Å². The third-order valence-corrected chi connectivity index (χ3v) is 4.94. The van der Waals surface area contributed by atoms with Crippen LogP contribution in [0.1, 0.15) is 5.56 Å². The van der Waals surface area contributed by atoms with Gasteiger partial charge in [-0.25, -0.2) is 9.29 Å². The van der Waals surface area contributed by atoms with E-state index in [1.807, 2.05) is 0 Å². The lowest BCUT2D eigenvalue weighted by Gasteiger charge is -2.17. The number of amides is 2. The maximum absolute atomic E-state index is 13.5. The Hall–Kier alpha value is -3.13. The molecule has 2 aliphatic rings. The summed E-state index contributed by atoms with van der Waals surface area (Å²) in [5.74, 6) is -1.93. The number of hydrogen-bond donors (Lipinski definition) is 0. The van der Waals surface area contributed by atoms with E-state index in [0.717, 1.165) is 11.0 Å². The predicted octanol–water partition coefficient (Wildman–Crippen LogP) is 2.79. The molecule has 2 aromatic carbocycles. The van der Waals surface area contributed by atoms with Crippen molar-refractivity contribution < 1.29 is 28.3 Å². The third kappa shape index (κ3) is 2.60. The van der Waals surface area contributed by atoms with Crippen LogP contribution >= 0.6 is 11.6 Å². The number of oxime groups is 1. The van der Waals surface area contributed by atoms with Gasteiger partial charge in [0.15, 0.2) is 11.5 Å². The maximum atomic E-state index is 13.5. The average Bonchev–Trinajstić information content (AvgIpc) is 3.23. The molecule has 0 aromatic heterocycles. The van der Waals surface area contributed by atoms with Gasteiger partial charge in [-0.05, 0) is 30.3 Å². The molecule has 2 aromatic rings. The largest absolute Gasteiger partial charge is 0.493 e. The first-order valence-electron chi connectivity index (χ1n) is 8.26. The number of benzene rings is 2. The monoisotopic (exact) mass is 404 g/mol. The molecule has 0 N–H and O–H groups in total. The molecule has 1 fully saturated rings. The standard InChI is InChI=1S/C19H14ClFN2O5/c1-26-13-5-3-4-10(16(13)27-2)15-14-17(28-22-15)19(25)23(18(14)24)9-6-7-12(21)11(20)8-9/h3-8,14,17H,1-2H3. The fraction of sp³-hybridized carbons (Fsp3) is 0.211. The smallest absolute Gasteiger partial charge is 0.278 e. The molecule has 2 unspecified atom stereocenters. The zero-order valence-corrected chi connectivity index (χ0v) is 15.6. The van der Waals surface area contributed by atoms with E-state index in [0.29, 0.717) is 17.1 Å². The quantitative estimate of drug-likeness (QED) is 0.732. The minimum Gasteiger partial charge on any atom is -0.493 e. The normalized spacial score (nSPS) is 20.7. The van der Waals surface area contributed by atoms with E-state index in [-0.39, 0.29) is 16.4 Å². The molecule has 0 spiro atoms. The Labute approximate surface area is 164 Å². The summed E-state index contributed by atoms with van der Waals surface area (Å²) >= 11 is 5.80. The molecule has 7 nitrogen and oxygen atoms in total. The third-order valence-electron chi connectivity index (χ3n) is 4.65. The lowest BCUT2D eigenvalue weighted by molar-refractivity contribution is -0.126. The van der Waals surface area contributed by atoms with Crippen molar-refractivity contribution >= 4 is 34.8 Å². The van der Waals surface area contributed by atoms with Crippen molar-refractivity contribution in [3.05, 3.63) is 52.8 Å². The van der Waals surface area contributed by atoms with Crippen LogP contribution in [0.5, 0.6) is 11.5 Å². The van der Waals surface area contributed by atoms with Crippen molar-refractivity contribution in [3.63, 3.8) is 0 Å².